The molecule has 0 radical (unpaired) electrons. The second-order valence-electron chi connectivity index (χ2n) is 6.61. The van der Waals surface area contributed by atoms with Gasteiger partial charge in [0.05, 0.1) is 12.2 Å². The Morgan fingerprint density at radius 1 is 1.19 bits per heavy atom. The molecule has 0 bridgehead atoms. The summed E-state index contributed by atoms with van der Waals surface area (Å²) in [7, 11) is 0. The molecule has 0 saturated heterocycles. The number of rotatable bonds is 3. The summed E-state index contributed by atoms with van der Waals surface area (Å²) >= 11 is 0. The van der Waals surface area contributed by atoms with E-state index in [2.05, 4.69) is 34.6 Å². The summed E-state index contributed by atoms with van der Waals surface area (Å²) in [4.78, 5) is 0. The Morgan fingerprint density at radius 3 is 2.31 bits per heavy atom. The first-order valence-corrected chi connectivity index (χ1v) is 6.69. The number of hydrogen-bond donors (Lipinski definition) is 1. The molecule has 0 aromatic carbocycles. The van der Waals surface area contributed by atoms with Crippen LogP contribution < -0.4 is 5.73 Å². The standard InChI is InChI=1S/C14H29NO/c1-10-6-7-12(8-11(10)2)13(15)9-16-14(3,4)5/h10-13H,6-9,15H2,1-5H3. The minimum Gasteiger partial charge on any atom is -0.374 e. The van der Waals surface area contributed by atoms with Gasteiger partial charge in [0.2, 0.25) is 0 Å². The van der Waals surface area contributed by atoms with Crippen molar-refractivity contribution in [2.45, 2.75) is 65.5 Å². The largest absolute Gasteiger partial charge is 0.374 e. The van der Waals surface area contributed by atoms with Crippen molar-refractivity contribution in [3.8, 4) is 0 Å². The van der Waals surface area contributed by atoms with Crippen molar-refractivity contribution in [2.75, 3.05) is 6.61 Å². The van der Waals surface area contributed by atoms with Crippen molar-refractivity contribution in [3.05, 3.63) is 0 Å². The van der Waals surface area contributed by atoms with E-state index in [1.54, 1.807) is 0 Å². The van der Waals surface area contributed by atoms with Crippen molar-refractivity contribution < 1.29 is 4.74 Å². The van der Waals surface area contributed by atoms with Crippen LogP contribution >= 0.6 is 0 Å². The predicted molar refractivity (Wildman–Crippen MR) is 69.3 cm³/mol. The summed E-state index contributed by atoms with van der Waals surface area (Å²) < 4.78 is 5.78. The Bertz CT molecular complexity index is 209. The van der Waals surface area contributed by atoms with E-state index >= 15 is 0 Å². The molecule has 0 spiro atoms. The lowest BCUT2D eigenvalue weighted by molar-refractivity contribution is -0.0214. The highest BCUT2D eigenvalue weighted by atomic mass is 16.5. The summed E-state index contributed by atoms with van der Waals surface area (Å²) in [6, 6.07) is 0.217. The van der Waals surface area contributed by atoms with E-state index in [1.165, 1.54) is 19.3 Å². The Kier molecular flexibility index (Phi) is 4.81. The van der Waals surface area contributed by atoms with Gasteiger partial charge in [0.15, 0.2) is 0 Å². The molecule has 0 aromatic rings. The minimum atomic E-state index is -0.0643. The van der Waals surface area contributed by atoms with Crippen LogP contribution in [0.5, 0.6) is 0 Å². The number of ether oxygens (including phenoxy) is 1. The van der Waals surface area contributed by atoms with Crippen LogP contribution in [-0.4, -0.2) is 18.2 Å². The average Bonchev–Trinajstić information content (AvgIpc) is 2.17. The fourth-order valence-corrected chi connectivity index (χ4v) is 2.46. The van der Waals surface area contributed by atoms with E-state index in [4.69, 9.17) is 10.5 Å². The van der Waals surface area contributed by atoms with Gasteiger partial charge in [-0.3, -0.25) is 0 Å². The molecular formula is C14H29NO. The molecule has 1 saturated carbocycles. The zero-order chi connectivity index (χ0) is 12.3. The fourth-order valence-electron chi connectivity index (χ4n) is 2.46. The SMILES string of the molecule is CC1CCC(C(N)COC(C)(C)C)CC1C. The molecule has 2 N–H and O–H groups in total. The predicted octanol–water partition coefficient (Wildman–Crippen LogP) is 3.20. The first kappa shape index (κ1) is 14.0. The number of hydrogen-bond acceptors (Lipinski definition) is 2. The van der Waals surface area contributed by atoms with Gasteiger partial charge in [-0.25, -0.2) is 0 Å². The van der Waals surface area contributed by atoms with Gasteiger partial charge >= 0.3 is 0 Å². The molecular weight excluding hydrogens is 198 g/mol. The van der Waals surface area contributed by atoms with E-state index < -0.39 is 0 Å². The second kappa shape index (κ2) is 5.50. The maximum Gasteiger partial charge on any atom is 0.0627 e. The van der Waals surface area contributed by atoms with Gasteiger partial charge in [0.1, 0.15) is 0 Å². The van der Waals surface area contributed by atoms with Crippen molar-refractivity contribution in [1.29, 1.82) is 0 Å². The molecule has 1 aliphatic carbocycles. The lowest BCUT2D eigenvalue weighted by atomic mass is 9.73. The molecule has 0 aromatic heterocycles. The zero-order valence-electron chi connectivity index (χ0n) is 11.6. The first-order chi connectivity index (χ1) is 7.29. The van der Waals surface area contributed by atoms with Crippen LogP contribution in [-0.2, 0) is 4.74 Å². The first-order valence-electron chi connectivity index (χ1n) is 6.69. The Morgan fingerprint density at radius 2 is 1.81 bits per heavy atom. The summed E-state index contributed by atoms with van der Waals surface area (Å²) in [6.45, 7) is 11.7. The third kappa shape index (κ3) is 4.42. The highest BCUT2D eigenvalue weighted by Gasteiger charge is 2.29. The Hall–Kier alpha value is -0.0800. The van der Waals surface area contributed by atoms with Gasteiger partial charge in [-0.2, -0.15) is 0 Å². The van der Waals surface area contributed by atoms with Gasteiger partial charge in [-0.1, -0.05) is 20.3 Å². The smallest absolute Gasteiger partial charge is 0.0627 e. The summed E-state index contributed by atoms with van der Waals surface area (Å²) in [5.74, 6) is 2.35. The fraction of sp³-hybridized carbons (Fsp3) is 1.00. The van der Waals surface area contributed by atoms with E-state index in [9.17, 15) is 0 Å². The quantitative estimate of drug-likeness (QED) is 0.803. The molecule has 2 heteroatoms. The van der Waals surface area contributed by atoms with Gasteiger partial charge in [0.25, 0.3) is 0 Å². The van der Waals surface area contributed by atoms with Crippen molar-refractivity contribution in [1.82, 2.24) is 0 Å². The van der Waals surface area contributed by atoms with Crippen LogP contribution in [0.15, 0.2) is 0 Å². The third-order valence-electron chi connectivity index (χ3n) is 3.95. The van der Waals surface area contributed by atoms with Crippen LogP contribution in [0, 0.1) is 17.8 Å². The van der Waals surface area contributed by atoms with E-state index in [0.29, 0.717) is 12.5 Å². The minimum absolute atomic E-state index is 0.0643. The highest BCUT2D eigenvalue weighted by Crippen LogP contribution is 2.34. The molecule has 0 heterocycles. The monoisotopic (exact) mass is 227 g/mol. The van der Waals surface area contributed by atoms with Crippen LogP contribution in [0.25, 0.3) is 0 Å². The van der Waals surface area contributed by atoms with Gasteiger partial charge in [0, 0.05) is 6.04 Å². The summed E-state index contributed by atoms with van der Waals surface area (Å²) in [6.07, 6.45) is 3.88. The van der Waals surface area contributed by atoms with E-state index in [1.807, 2.05) is 0 Å². The summed E-state index contributed by atoms with van der Waals surface area (Å²) in [5.41, 5.74) is 6.17. The molecule has 2 nitrogen and oxygen atoms in total. The van der Waals surface area contributed by atoms with Gasteiger partial charge in [-0.05, 0) is 51.4 Å². The lowest BCUT2D eigenvalue weighted by Gasteiger charge is -2.36. The van der Waals surface area contributed by atoms with Gasteiger partial charge in [-0.15, -0.1) is 0 Å². The van der Waals surface area contributed by atoms with Gasteiger partial charge < -0.3 is 10.5 Å². The molecule has 96 valence electrons. The molecule has 1 rings (SSSR count). The van der Waals surface area contributed by atoms with E-state index in [0.717, 1.165) is 11.8 Å². The molecule has 16 heavy (non-hydrogen) atoms. The van der Waals surface area contributed by atoms with Crippen LogP contribution in [0.3, 0.4) is 0 Å². The number of nitrogens with two attached hydrogens (primary N) is 1. The Labute approximate surface area is 101 Å². The third-order valence-corrected chi connectivity index (χ3v) is 3.95. The molecule has 0 amide bonds. The molecule has 1 fully saturated rings. The van der Waals surface area contributed by atoms with Crippen LogP contribution in [0.4, 0.5) is 0 Å². The van der Waals surface area contributed by atoms with E-state index in [-0.39, 0.29) is 11.6 Å². The Balaban J connectivity index is 2.34. The maximum atomic E-state index is 6.24. The maximum absolute atomic E-state index is 6.24. The summed E-state index contributed by atoms with van der Waals surface area (Å²) in [5, 5.41) is 0. The zero-order valence-corrected chi connectivity index (χ0v) is 11.6. The normalized spacial score (nSPS) is 33.8. The molecule has 4 unspecified atom stereocenters. The molecule has 1 aliphatic rings. The van der Waals surface area contributed by atoms with Crippen LogP contribution in [0.2, 0.25) is 0 Å². The topological polar surface area (TPSA) is 35.2 Å². The van der Waals surface area contributed by atoms with Crippen LogP contribution in [0.1, 0.15) is 53.9 Å². The molecule has 4 atom stereocenters. The van der Waals surface area contributed by atoms with Crippen molar-refractivity contribution in [3.63, 3.8) is 0 Å². The molecule has 0 aliphatic heterocycles. The average molecular weight is 227 g/mol. The van der Waals surface area contributed by atoms with Crippen molar-refractivity contribution in [2.24, 2.45) is 23.5 Å². The highest BCUT2D eigenvalue weighted by molar-refractivity contribution is 4.82. The van der Waals surface area contributed by atoms with Crippen molar-refractivity contribution >= 4 is 0 Å². The second-order valence-corrected chi connectivity index (χ2v) is 6.61. The lowest BCUT2D eigenvalue weighted by Crippen LogP contribution is -2.40.